The Morgan fingerprint density at radius 3 is 2.40 bits per heavy atom. The molecule has 1 aromatic heterocycles. The molecule has 0 radical (unpaired) electrons. The Morgan fingerprint density at radius 1 is 1.30 bits per heavy atom. The number of nitrogens with one attached hydrogen (secondary N) is 1. The van der Waals surface area contributed by atoms with E-state index < -0.39 is 4.92 Å². The lowest BCUT2D eigenvalue weighted by Gasteiger charge is -2.13. The van der Waals surface area contributed by atoms with Crippen LogP contribution in [-0.4, -0.2) is 28.0 Å². The molecular formula is C13H22N4O3. The van der Waals surface area contributed by atoms with E-state index in [-0.39, 0.29) is 23.3 Å². The molecule has 0 bridgehead atoms. The van der Waals surface area contributed by atoms with Crippen LogP contribution in [0.15, 0.2) is 0 Å². The van der Waals surface area contributed by atoms with E-state index in [1.54, 1.807) is 6.92 Å². The van der Waals surface area contributed by atoms with Crippen LogP contribution in [0.25, 0.3) is 0 Å². The molecule has 1 heterocycles. The third-order valence-corrected chi connectivity index (χ3v) is 2.53. The maximum absolute atomic E-state index is 11.2. The lowest BCUT2D eigenvalue weighted by molar-refractivity contribution is -0.385. The number of aromatic nitrogens is 2. The molecule has 0 saturated heterocycles. The molecule has 0 aromatic carbocycles. The predicted octanol–water partition coefficient (Wildman–Crippen LogP) is 2.97. The first-order valence-corrected chi connectivity index (χ1v) is 6.79. The number of nitro groups is 1. The highest BCUT2D eigenvalue weighted by atomic mass is 16.6. The van der Waals surface area contributed by atoms with Crippen LogP contribution < -0.4 is 10.1 Å². The van der Waals surface area contributed by atoms with Crippen molar-refractivity contribution in [3.8, 4) is 5.88 Å². The average Bonchev–Trinajstić information content (AvgIpc) is 2.35. The first-order chi connectivity index (χ1) is 9.36. The summed E-state index contributed by atoms with van der Waals surface area (Å²) in [7, 11) is 0. The van der Waals surface area contributed by atoms with E-state index >= 15 is 0 Å². The molecule has 0 amide bonds. The first kappa shape index (κ1) is 16.1. The number of anilines is 1. The van der Waals surface area contributed by atoms with E-state index in [4.69, 9.17) is 4.74 Å². The Morgan fingerprint density at radius 2 is 1.95 bits per heavy atom. The van der Waals surface area contributed by atoms with E-state index in [9.17, 15) is 10.1 Å². The lowest BCUT2D eigenvalue weighted by atomic mass is 10.2. The Labute approximate surface area is 118 Å². The molecule has 0 atom stereocenters. The number of hydrogen-bond acceptors (Lipinski definition) is 6. The van der Waals surface area contributed by atoms with Crippen LogP contribution >= 0.6 is 0 Å². The van der Waals surface area contributed by atoms with Crippen molar-refractivity contribution in [1.29, 1.82) is 0 Å². The van der Waals surface area contributed by atoms with Crippen LogP contribution in [0.5, 0.6) is 5.88 Å². The van der Waals surface area contributed by atoms with Crippen molar-refractivity contribution >= 4 is 11.5 Å². The second kappa shape index (κ2) is 7.02. The van der Waals surface area contributed by atoms with Gasteiger partial charge in [-0.2, -0.15) is 4.98 Å². The van der Waals surface area contributed by atoms with Crippen LogP contribution in [0.1, 0.15) is 46.4 Å². The minimum atomic E-state index is -0.502. The topological polar surface area (TPSA) is 90.2 Å². The zero-order valence-electron chi connectivity index (χ0n) is 12.6. The van der Waals surface area contributed by atoms with Crippen LogP contribution in [0, 0.1) is 16.0 Å². The van der Waals surface area contributed by atoms with E-state index in [1.807, 2.05) is 27.7 Å². The van der Waals surface area contributed by atoms with Gasteiger partial charge in [-0.15, -0.1) is 0 Å². The van der Waals surface area contributed by atoms with Crippen LogP contribution in [-0.2, 0) is 0 Å². The highest BCUT2D eigenvalue weighted by Crippen LogP contribution is 2.33. The average molecular weight is 282 g/mol. The standard InChI is InChI=1S/C13H22N4O3/c1-6-20-13-10(17(18)19)12(14-7-8(2)3)15-11(16-13)9(4)5/h8-9H,6-7H2,1-5H3,(H,14,15,16). The summed E-state index contributed by atoms with van der Waals surface area (Å²) < 4.78 is 5.30. The first-order valence-electron chi connectivity index (χ1n) is 6.79. The Kier molecular flexibility index (Phi) is 5.66. The minimum Gasteiger partial charge on any atom is -0.473 e. The normalized spacial score (nSPS) is 10.9. The molecule has 0 aliphatic carbocycles. The van der Waals surface area contributed by atoms with Gasteiger partial charge < -0.3 is 10.1 Å². The van der Waals surface area contributed by atoms with Gasteiger partial charge in [-0.05, 0) is 12.8 Å². The monoisotopic (exact) mass is 282 g/mol. The zero-order valence-corrected chi connectivity index (χ0v) is 12.6. The summed E-state index contributed by atoms with van der Waals surface area (Å²) in [6.45, 7) is 10.6. The molecule has 7 nitrogen and oxygen atoms in total. The van der Waals surface area contributed by atoms with Gasteiger partial charge in [0.15, 0.2) is 0 Å². The molecule has 0 aliphatic rings. The van der Waals surface area contributed by atoms with Crippen molar-refractivity contribution in [3.05, 3.63) is 15.9 Å². The highest BCUT2D eigenvalue weighted by Gasteiger charge is 2.26. The summed E-state index contributed by atoms with van der Waals surface area (Å²) in [5.74, 6) is 1.20. The molecular weight excluding hydrogens is 260 g/mol. The van der Waals surface area contributed by atoms with Gasteiger partial charge >= 0.3 is 5.69 Å². The van der Waals surface area contributed by atoms with Crippen molar-refractivity contribution in [2.24, 2.45) is 5.92 Å². The predicted molar refractivity (Wildman–Crippen MR) is 77.3 cm³/mol. The molecule has 0 fully saturated rings. The summed E-state index contributed by atoms with van der Waals surface area (Å²) in [5.41, 5.74) is -0.197. The van der Waals surface area contributed by atoms with E-state index in [1.165, 1.54) is 0 Å². The molecule has 1 aromatic rings. The fourth-order valence-corrected chi connectivity index (χ4v) is 1.53. The molecule has 1 N–H and O–H groups in total. The van der Waals surface area contributed by atoms with Crippen LogP contribution in [0.2, 0.25) is 0 Å². The molecule has 0 aliphatic heterocycles. The Hall–Kier alpha value is -1.92. The Bertz CT molecular complexity index is 475. The molecule has 112 valence electrons. The summed E-state index contributed by atoms with van der Waals surface area (Å²) in [6, 6.07) is 0. The molecule has 1 rings (SSSR count). The van der Waals surface area contributed by atoms with E-state index in [0.717, 1.165) is 0 Å². The summed E-state index contributed by atoms with van der Waals surface area (Å²) >= 11 is 0. The maximum Gasteiger partial charge on any atom is 0.372 e. The van der Waals surface area contributed by atoms with E-state index in [0.29, 0.717) is 24.9 Å². The van der Waals surface area contributed by atoms with Crippen LogP contribution in [0.3, 0.4) is 0 Å². The minimum absolute atomic E-state index is 0.0301. The zero-order chi connectivity index (χ0) is 15.3. The van der Waals surface area contributed by atoms with Crippen molar-refractivity contribution in [3.63, 3.8) is 0 Å². The second-order valence-corrected chi connectivity index (χ2v) is 5.20. The summed E-state index contributed by atoms with van der Waals surface area (Å²) in [5, 5.41) is 14.3. The Balaban J connectivity index is 3.30. The van der Waals surface area contributed by atoms with E-state index in [2.05, 4.69) is 15.3 Å². The van der Waals surface area contributed by atoms with Crippen LogP contribution in [0.4, 0.5) is 11.5 Å². The van der Waals surface area contributed by atoms with Gasteiger partial charge in [0.05, 0.1) is 11.5 Å². The summed E-state index contributed by atoms with van der Waals surface area (Å²) in [4.78, 5) is 19.2. The van der Waals surface area contributed by atoms with Gasteiger partial charge in [0.25, 0.3) is 5.88 Å². The maximum atomic E-state index is 11.2. The van der Waals surface area contributed by atoms with Gasteiger partial charge in [-0.1, -0.05) is 27.7 Å². The van der Waals surface area contributed by atoms with Crippen molar-refractivity contribution in [2.75, 3.05) is 18.5 Å². The smallest absolute Gasteiger partial charge is 0.372 e. The third kappa shape index (κ3) is 4.04. The van der Waals surface area contributed by atoms with Gasteiger partial charge in [-0.3, -0.25) is 10.1 Å². The van der Waals surface area contributed by atoms with Gasteiger partial charge in [0.1, 0.15) is 5.82 Å². The van der Waals surface area contributed by atoms with Crippen molar-refractivity contribution in [1.82, 2.24) is 9.97 Å². The number of rotatable bonds is 7. The fraction of sp³-hybridized carbons (Fsp3) is 0.692. The molecule has 0 spiro atoms. The van der Waals surface area contributed by atoms with Crippen molar-refractivity contribution in [2.45, 2.75) is 40.5 Å². The third-order valence-electron chi connectivity index (χ3n) is 2.53. The highest BCUT2D eigenvalue weighted by molar-refractivity contribution is 5.61. The quantitative estimate of drug-likeness (QED) is 0.610. The SMILES string of the molecule is CCOc1nc(C(C)C)nc(NCC(C)C)c1[N+](=O)[O-]. The van der Waals surface area contributed by atoms with Gasteiger partial charge in [-0.25, -0.2) is 4.98 Å². The molecule has 20 heavy (non-hydrogen) atoms. The number of nitrogens with zero attached hydrogens (tertiary/aromatic N) is 3. The fourth-order valence-electron chi connectivity index (χ4n) is 1.53. The van der Waals surface area contributed by atoms with Gasteiger partial charge in [0, 0.05) is 12.5 Å². The van der Waals surface area contributed by atoms with Gasteiger partial charge in [0.2, 0.25) is 5.82 Å². The number of hydrogen-bond donors (Lipinski definition) is 1. The van der Waals surface area contributed by atoms with Crippen molar-refractivity contribution < 1.29 is 9.66 Å². The molecule has 0 unspecified atom stereocenters. The largest absolute Gasteiger partial charge is 0.473 e. The molecule has 7 heteroatoms. The second-order valence-electron chi connectivity index (χ2n) is 5.20. The molecule has 0 saturated carbocycles. The number of ether oxygens (including phenoxy) is 1. The lowest BCUT2D eigenvalue weighted by Crippen LogP contribution is -2.14. The summed E-state index contributed by atoms with van der Waals surface area (Å²) in [6.07, 6.45) is 0.